The molecular formula is C19H19N7OS. The number of nitrogen functional groups attached to an aromatic ring is 2. The Labute approximate surface area is 166 Å². The highest BCUT2D eigenvalue weighted by atomic mass is 32.2. The van der Waals surface area contributed by atoms with Crippen molar-refractivity contribution in [3.8, 4) is 11.4 Å². The smallest absolute Gasteiger partial charge is 0.225 e. The highest BCUT2D eigenvalue weighted by Gasteiger charge is 2.14. The quantitative estimate of drug-likeness (QED) is 0.480. The van der Waals surface area contributed by atoms with Gasteiger partial charge in [-0.1, -0.05) is 23.9 Å². The van der Waals surface area contributed by atoms with E-state index in [0.717, 1.165) is 27.6 Å². The number of fused-ring (bicyclic) bond motifs is 1. The molecule has 28 heavy (non-hydrogen) atoms. The summed E-state index contributed by atoms with van der Waals surface area (Å²) >= 11 is 1.51. The van der Waals surface area contributed by atoms with Gasteiger partial charge in [0, 0.05) is 5.69 Å². The topological polar surface area (TPSA) is 118 Å². The molecule has 0 saturated carbocycles. The Hall–Kier alpha value is -3.33. The summed E-state index contributed by atoms with van der Waals surface area (Å²) < 4.78 is 7.65. The summed E-state index contributed by atoms with van der Waals surface area (Å²) in [6.45, 7) is 2.60. The van der Waals surface area contributed by atoms with Crippen LogP contribution in [0, 0.1) is 0 Å². The second-order valence-electron chi connectivity index (χ2n) is 5.90. The van der Waals surface area contributed by atoms with Crippen LogP contribution in [0.15, 0.2) is 53.7 Å². The van der Waals surface area contributed by atoms with Crippen LogP contribution >= 0.6 is 11.8 Å². The van der Waals surface area contributed by atoms with Gasteiger partial charge in [-0.3, -0.25) is 4.57 Å². The molecule has 0 bridgehead atoms. The molecule has 4 N–H and O–H groups in total. The summed E-state index contributed by atoms with van der Waals surface area (Å²) in [4.78, 5) is 16.8. The Bertz CT molecular complexity index is 1090. The van der Waals surface area contributed by atoms with E-state index in [-0.39, 0.29) is 11.9 Å². The predicted molar refractivity (Wildman–Crippen MR) is 110 cm³/mol. The summed E-state index contributed by atoms with van der Waals surface area (Å²) in [5.41, 5.74) is 14.3. The second-order valence-corrected chi connectivity index (χ2v) is 6.84. The number of anilines is 2. The molecule has 2 aromatic carbocycles. The van der Waals surface area contributed by atoms with Gasteiger partial charge in [-0.15, -0.1) is 0 Å². The average Bonchev–Trinajstić information content (AvgIpc) is 3.05. The van der Waals surface area contributed by atoms with Gasteiger partial charge in [-0.2, -0.15) is 15.0 Å². The maximum absolute atomic E-state index is 5.67. The molecular weight excluding hydrogens is 374 g/mol. The van der Waals surface area contributed by atoms with E-state index in [4.69, 9.17) is 21.2 Å². The highest BCUT2D eigenvalue weighted by molar-refractivity contribution is 7.98. The van der Waals surface area contributed by atoms with E-state index in [0.29, 0.717) is 18.2 Å². The number of benzene rings is 2. The number of aromatic nitrogens is 5. The van der Waals surface area contributed by atoms with E-state index in [1.807, 2.05) is 55.5 Å². The van der Waals surface area contributed by atoms with Crippen LogP contribution < -0.4 is 16.2 Å². The first-order chi connectivity index (χ1) is 13.6. The average molecular weight is 393 g/mol. The zero-order valence-electron chi connectivity index (χ0n) is 15.2. The minimum atomic E-state index is 0.114. The normalized spacial score (nSPS) is 11.0. The Morgan fingerprint density at radius 3 is 2.36 bits per heavy atom. The third-order valence-corrected chi connectivity index (χ3v) is 4.92. The van der Waals surface area contributed by atoms with Crippen LogP contribution in [-0.2, 0) is 5.75 Å². The van der Waals surface area contributed by atoms with Gasteiger partial charge in [0.1, 0.15) is 11.6 Å². The number of nitrogens with zero attached hydrogens (tertiary/aromatic N) is 5. The van der Waals surface area contributed by atoms with Gasteiger partial charge in [-0.25, -0.2) is 4.98 Å². The molecule has 142 valence electrons. The zero-order valence-corrected chi connectivity index (χ0v) is 16.1. The Morgan fingerprint density at radius 2 is 1.64 bits per heavy atom. The molecule has 4 rings (SSSR count). The number of imidazole rings is 1. The molecule has 2 aromatic heterocycles. The number of nitrogens with two attached hydrogens (primary N) is 2. The SMILES string of the molecule is CCOc1ccc(-n2c(SCc3nc(N)nc(N)n3)nc3ccccc32)cc1. The van der Waals surface area contributed by atoms with Crippen molar-refractivity contribution in [2.45, 2.75) is 17.8 Å². The molecule has 0 aliphatic heterocycles. The number of para-hydroxylation sites is 2. The third-order valence-electron chi connectivity index (χ3n) is 3.98. The van der Waals surface area contributed by atoms with Crippen LogP contribution in [0.1, 0.15) is 12.7 Å². The van der Waals surface area contributed by atoms with E-state index in [1.165, 1.54) is 11.8 Å². The van der Waals surface area contributed by atoms with E-state index >= 15 is 0 Å². The largest absolute Gasteiger partial charge is 0.494 e. The van der Waals surface area contributed by atoms with Gasteiger partial charge in [0.05, 0.1) is 23.4 Å². The van der Waals surface area contributed by atoms with Crippen molar-refractivity contribution in [2.24, 2.45) is 0 Å². The first-order valence-corrected chi connectivity index (χ1v) is 9.72. The number of ether oxygens (including phenoxy) is 1. The van der Waals surface area contributed by atoms with Crippen molar-refractivity contribution in [2.75, 3.05) is 18.1 Å². The molecule has 4 aromatic rings. The lowest BCUT2D eigenvalue weighted by Gasteiger charge is -2.10. The molecule has 0 unspecified atom stereocenters. The molecule has 0 aliphatic carbocycles. The minimum Gasteiger partial charge on any atom is -0.494 e. The van der Waals surface area contributed by atoms with Crippen molar-refractivity contribution in [1.29, 1.82) is 0 Å². The van der Waals surface area contributed by atoms with Crippen LogP contribution in [0.4, 0.5) is 11.9 Å². The Kier molecular flexibility index (Phi) is 4.98. The lowest BCUT2D eigenvalue weighted by Crippen LogP contribution is -2.06. The lowest BCUT2D eigenvalue weighted by atomic mass is 10.2. The number of hydrogen-bond acceptors (Lipinski definition) is 8. The lowest BCUT2D eigenvalue weighted by molar-refractivity contribution is 0.340. The van der Waals surface area contributed by atoms with Crippen molar-refractivity contribution in [1.82, 2.24) is 24.5 Å². The van der Waals surface area contributed by atoms with Crippen molar-refractivity contribution < 1.29 is 4.74 Å². The maximum Gasteiger partial charge on any atom is 0.225 e. The first kappa shape index (κ1) is 18.1. The Balaban J connectivity index is 1.70. The zero-order chi connectivity index (χ0) is 19.5. The number of hydrogen-bond donors (Lipinski definition) is 2. The molecule has 9 heteroatoms. The predicted octanol–water partition coefficient (Wildman–Crippen LogP) is 3.07. The van der Waals surface area contributed by atoms with Crippen molar-refractivity contribution in [3.63, 3.8) is 0 Å². The summed E-state index contributed by atoms with van der Waals surface area (Å²) in [7, 11) is 0. The molecule has 0 aliphatic rings. The molecule has 0 saturated heterocycles. The van der Waals surface area contributed by atoms with E-state index in [1.54, 1.807) is 0 Å². The summed E-state index contributed by atoms with van der Waals surface area (Å²) in [5, 5.41) is 0.822. The van der Waals surface area contributed by atoms with Gasteiger partial charge >= 0.3 is 0 Å². The second kappa shape index (κ2) is 7.73. The van der Waals surface area contributed by atoms with E-state index < -0.39 is 0 Å². The fraction of sp³-hybridized carbons (Fsp3) is 0.158. The molecule has 2 heterocycles. The van der Waals surface area contributed by atoms with Crippen LogP contribution in [-0.4, -0.2) is 31.1 Å². The number of thioether (sulfide) groups is 1. The summed E-state index contributed by atoms with van der Waals surface area (Å²) in [6.07, 6.45) is 0. The van der Waals surface area contributed by atoms with Gasteiger partial charge in [0.25, 0.3) is 0 Å². The maximum atomic E-state index is 5.67. The van der Waals surface area contributed by atoms with Gasteiger partial charge in [0.15, 0.2) is 5.16 Å². The van der Waals surface area contributed by atoms with Gasteiger partial charge < -0.3 is 16.2 Å². The summed E-state index contributed by atoms with van der Waals surface area (Å²) in [6, 6.07) is 15.9. The minimum absolute atomic E-state index is 0.114. The Morgan fingerprint density at radius 1 is 0.929 bits per heavy atom. The van der Waals surface area contributed by atoms with Gasteiger partial charge in [0.2, 0.25) is 11.9 Å². The monoisotopic (exact) mass is 393 g/mol. The van der Waals surface area contributed by atoms with E-state index in [2.05, 4.69) is 19.5 Å². The van der Waals surface area contributed by atoms with Crippen molar-refractivity contribution in [3.05, 3.63) is 54.4 Å². The summed E-state index contributed by atoms with van der Waals surface area (Å²) in [5.74, 6) is 2.05. The molecule has 0 amide bonds. The molecule has 8 nitrogen and oxygen atoms in total. The van der Waals surface area contributed by atoms with Crippen LogP contribution in [0.2, 0.25) is 0 Å². The third kappa shape index (κ3) is 3.70. The number of rotatable bonds is 6. The molecule has 0 atom stereocenters. The van der Waals surface area contributed by atoms with E-state index in [9.17, 15) is 0 Å². The molecule has 0 radical (unpaired) electrons. The molecule has 0 fully saturated rings. The van der Waals surface area contributed by atoms with Crippen LogP contribution in [0.5, 0.6) is 5.75 Å². The first-order valence-electron chi connectivity index (χ1n) is 8.73. The fourth-order valence-electron chi connectivity index (χ4n) is 2.86. The fourth-order valence-corrected chi connectivity index (χ4v) is 3.74. The van der Waals surface area contributed by atoms with Crippen LogP contribution in [0.3, 0.4) is 0 Å². The van der Waals surface area contributed by atoms with Crippen LogP contribution in [0.25, 0.3) is 16.7 Å². The van der Waals surface area contributed by atoms with Gasteiger partial charge in [-0.05, 0) is 43.3 Å². The molecule has 0 spiro atoms. The standard InChI is InChI=1S/C19H19N7OS/c1-2-27-13-9-7-12(8-10-13)26-15-6-4-3-5-14(15)22-19(26)28-11-16-23-17(20)25-18(21)24-16/h3-10H,2,11H2,1H3,(H4,20,21,23,24,25). The highest BCUT2D eigenvalue weighted by Crippen LogP contribution is 2.30. The van der Waals surface area contributed by atoms with Crippen molar-refractivity contribution >= 4 is 34.7 Å².